The first-order chi connectivity index (χ1) is 15.2. The Morgan fingerprint density at radius 1 is 0.968 bits per heavy atom. The van der Waals surface area contributed by atoms with Gasteiger partial charge in [-0.15, -0.1) is 0 Å². The topological polar surface area (TPSA) is 67.4 Å². The fraction of sp³-hybridized carbons (Fsp3) is 0.478. The maximum atomic E-state index is 13.2. The summed E-state index contributed by atoms with van der Waals surface area (Å²) in [6, 6.07) is 11.3. The van der Waals surface area contributed by atoms with Crippen molar-refractivity contribution in [3.8, 4) is 17.4 Å². The summed E-state index contributed by atoms with van der Waals surface area (Å²) in [5, 5.41) is 0. The highest BCUT2D eigenvalue weighted by molar-refractivity contribution is 5.78. The SMILES string of the molecule is CN1CCN(CC(=O)N2CCOCCOc3ccccc3Oc3ncccc3C2)CC1. The van der Waals surface area contributed by atoms with E-state index in [2.05, 4.69) is 21.8 Å². The Morgan fingerprint density at radius 2 is 1.77 bits per heavy atom. The molecule has 1 aromatic carbocycles. The van der Waals surface area contributed by atoms with Crippen LogP contribution in [0.2, 0.25) is 0 Å². The van der Waals surface area contributed by atoms with E-state index >= 15 is 0 Å². The van der Waals surface area contributed by atoms with Crippen LogP contribution in [-0.2, 0) is 16.1 Å². The number of hydrogen-bond donors (Lipinski definition) is 0. The summed E-state index contributed by atoms with van der Waals surface area (Å²) in [7, 11) is 2.11. The zero-order chi connectivity index (χ0) is 21.5. The quantitative estimate of drug-likeness (QED) is 0.726. The van der Waals surface area contributed by atoms with Gasteiger partial charge in [0.05, 0.1) is 26.3 Å². The number of nitrogens with zero attached hydrogens (tertiary/aromatic N) is 4. The number of aromatic nitrogens is 1. The third kappa shape index (κ3) is 5.94. The van der Waals surface area contributed by atoms with Crippen LogP contribution in [0.1, 0.15) is 5.56 Å². The minimum atomic E-state index is 0.0921. The molecule has 8 nitrogen and oxygen atoms in total. The number of carbonyl (C=O) groups excluding carboxylic acids is 1. The standard InChI is InChI=1S/C23H30N4O4/c1-25-9-11-26(12-10-25)18-22(28)27-13-14-29-15-16-30-20-6-2-3-7-21(20)31-23-19(17-27)5-4-8-24-23/h2-8H,9-18H2,1H3. The van der Waals surface area contributed by atoms with E-state index in [1.165, 1.54) is 0 Å². The highest BCUT2D eigenvalue weighted by Crippen LogP contribution is 2.32. The van der Waals surface area contributed by atoms with Gasteiger partial charge >= 0.3 is 0 Å². The molecule has 31 heavy (non-hydrogen) atoms. The highest BCUT2D eigenvalue weighted by Gasteiger charge is 2.22. The van der Waals surface area contributed by atoms with Crippen LogP contribution < -0.4 is 9.47 Å². The molecule has 2 aliphatic rings. The molecule has 0 radical (unpaired) electrons. The maximum Gasteiger partial charge on any atom is 0.237 e. The molecule has 2 aliphatic heterocycles. The summed E-state index contributed by atoms with van der Waals surface area (Å²) in [4.78, 5) is 23.9. The Hall–Kier alpha value is -2.68. The lowest BCUT2D eigenvalue weighted by Gasteiger charge is -2.33. The summed E-state index contributed by atoms with van der Waals surface area (Å²) >= 11 is 0. The summed E-state index contributed by atoms with van der Waals surface area (Å²) < 4.78 is 17.7. The molecule has 0 unspecified atom stereocenters. The second-order valence-electron chi connectivity index (χ2n) is 7.87. The van der Waals surface area contributed by atoms with E-state index < -0.39 is 0 Å². The second-order valence-corrected chi connectivity index (χ2v) is 7.87. The number of piperazine rings is 1. The molecule has 0 aliphatic carbocycles. The summed E-state index contributed by atoms with van der Waals surface area (Å²) in [6.45, 7) is 6.42. The Bertz CT molecular complexity index is 870. The molecule has 1 aromatic heterocycles. The van der Waals surface area contributed by atoms with Crippen molar-refractivity contribution in [2.75, 3.05) is 66.1 Å². The fourth-order valence-electron chi connectivity index (χ4n) is 3.68. The number of amides is 1. The van der Waals surface area contributed by atoms with Crippen molar-refractivity contribution in [2.45, 2.75) is 6.54 Å². The van der Waals surface area contributed by atoms with Crippen molar-refractivity contribution >= 4 is 5.91 Å². The molecule has 0 spiro atoms. The first kappa shape index (κ1) is 21.5. The van der Waals surface area contributed by atoms with E-state index in [0.717, 1.165) is 31.7 Å². The number of ether oxygens (including phenoxy) is 3. The molecule has 1 fully saturated rings. The number of pyridine rings is 1. The maximum absolute atomic E-state index is 13.2. The summed E-state index contributed by atoms with van der Waals surface area (Å²) in [5.74, 6) is 1.81. The van der Waals surface area contributed by atoms with Crippen LogP contribution in [0.25, 0.3) is 0 Å². The van der Waals surface area contributed by atoms with Gasteiger partial charge in [-0.1, -0.05) is 18.2 Å². The average molecular weight is 427 g/mol. The van der Waals surface area contributed by atoms with Crippen LogP contribution in [0.5, 0.6) is 17.4 Å². The van der Waals surface area contributed by atoms with E-state index in [0.29, 0.717) is 56.8 Å². The van der Waals surface area contributed by atoms with Crippen molar-refractivity contribution in [1.82, 2.24) is 19.7 Å². The molecule has 1 amide bonds. The van der Waals surface area contributed by atoms with Gasteiger partial charge in [0.15, 0.2) is 11.5 Å². The van der Waals surface area contributed by atoms with Crippen LogP contribution in [0.15, 0.2) is 42.6 Å². The fourth-order valence-corrected chi connectivity index (χ4v) is 3.68. The van der Waals surface area contributed by atoms with Crippen molar-refractivity contribution in [2.24, 2.45) is 0 Å². The first-order valence-corrected chi connectivity index (χ1v) is 10.8. The summed E-state index contributed by atoms with van der Waals surface area (Å²) in [6.07, 6.45) is 1.69. The first-order valence-electron chi connectivity index (χ1n) is 10.8. The molecule has 3 heterocycles. The lowest BCUT2D eigenvalue weighted by molar-refractivity contribution is -0.134. The summed E-state index contributed by atoms with van der Waals surface area (Å²) in [5.41, 5.74) is 0.850. The van der Waals surface area contributed by atoms with Gasteiger partial charge in [0.25, 0.3) is 0 Å². The normalized spacial score (nSPS) is 18.9. The van der Waals surface area contributed by atoms with Gasteiger partial charge in [-0.25, -0.2) is 4.98 Å². The minimum Gasteiger partial charge on any atom is -0.487 e. The minimum absolute atomic E-state index is 0.0921. The molecule has 0 N–H and O–H groups in total. The second kappa shape index (κ2) is 10.6. The Balaban J connectivity index is 1.53. The van der Waals surface area contributed by atoms with Gasteiger partial charge in [-0.3, -0.25) is 9.69 Å². The monoisotopic (exact) mass is 426 g/mol. The van der Waals surface area contributed by atoms with Gasteiger partial charge in [-0.05, 0) is 25.2 Å². The average Bonchev–Trinajstić information content (AvgIpc) is 2.80. The molecule has 8 heteroatoms. The van der Waals surface area contributed by atoms with Gasteiger partial charge < -0.3 is 24.0 Å². The van der Waals surface area contributed by atoms with Crippen molar-refractivity contribution < 1.29 is 19.0 Å². The number of fused-ring (bicyclic) bond motifs is 2. The van der Waals surface area contributed by atoms with Crippen molar-refractivity contribution in [3.05, 3.63) is 48.2 Å². The van der Waals surface area contributed by atoms with Gasteiger partial charge in [0, 0.05) is 44.5 Å². The number of benzene rings is 1. The van der Waals surface area contributed by atoms with Crippen LogP contribution in [0.4, 0.5) is 0 Å². The zero-order valence-electron chi connectivity index (χ0n) is 18.0. The predicted molar refractivity (Wildman–Crippen MR) is 116 cm³/mol. The number of likely N-dealkylation sites (N-methyl/N-ethyl adjacent to an activating group) is 1. The van der Waals surface area contributed by atoms with Crippen molar-refractivity contribution in [3.63, 3.8) is 0 Å². The number of para-hydroxylation sites is 2. The van der Waals surface area contributed by atoms with E-state index in [4.69, 9.17) is 14.2 Å². The number of hydrogen-bond acceptors (Lipinski definition) is 7. The third-order valence-electron chi connectivity index (χ3n) is 5.57. The molecular weight excluding hydrogens is 396 g/mol. The molecular formula is C23H30N4O4. The lowest BCUT2D eigenvalue weighted by Crippen LogP contribution is -2.49. The van der Waals surface area contributed by atoms with Gasteiger partial charge in [-0.2, -0.15) is 0 Å². The highest BCUT2D eigenvalue weighted by atomic mass is 16.5. The largest absolute Gasteiger partial charge is 0.487 e. The van der Waals surface area contributed by atoms with E-state index in [1.54, 1.807) is 6.20 Å². The molecule has 0 bridgehead atoms. The Morgan fingerprint density at radius 3 is 2.61 bits per heavy atom. The van der Waals surface area contributed by atoms with Crippen LogP contribution in [-0.4, -0.2) is 91.7 Å². The molecule has 4 rings (SSSR count). The van der Waals surface area contributed by atoms with E-state index in [-0.39, 0.29) is 5.91 Å². The Kier molecular flexibility index (Phi) is 7.35. The molecule has 2 aromatic rings. The van der Waals surface area contributed by atoms with Gasteiger partial charge in [0.1, 0.15) is 6.61 Å². The third-order valence-corrected chi connectivity index (χ3v) is 5.57. The smallest absolute Gasteiger partial charge is 0.237 e. The van der Waals surface area contributed by atoms with Crippen LogP contribution in [0.3, 0.4) is 0 Å². The van der Waals surface area contributed by atoms with Gasteiger partial charge in [0.2, 0.25) is 11.8 Å². The van der Waals surface area contributed by atoms with Crippen molar-refractivity contribution in [1.29, 1.82) is 0 Å². The number of rotatable bonds is 2. The molecule has 166 valence electrons. The van der Waals surface area contributed by atoms with E-state index in [9.17, 15) is 4.79 Å². The molecule has 0 atom stereocenters. The van der Waals surface area contributed by atoms with E-state index in [1.807, 2.05) is 41.3 Å². The predicted octanol–water partition coefficient (Wildman–Crippen LogP) is 1.86. The Labute approximate surface area is 183 Å². The molecule has 1 saturated heterocycles. The number of carbonyl (C=O) groups is 1. The molecule has 0 saturated carbocycles. The lowest BCUT2D eigenvalue weighted by atomic mass is 10.2. The zero-order valence-corrected chi connectivity index (χ0v) is 18.0. The van der Waals surface area contributed by atoms with Crippen LogP contribution in [0, 0.1) is 0 Å². The van der Waals surface area contributed by atoms with Crippen LogP contribution >= 0.6 is 0 Å².